The number of carbonyl (C=O) groups is 1. The second-order valence-corrected chi connectivity index (χ2v) is 8.97. The highest BCUT2D eigenvalue weighted by Crippen LogP contribution is 2.50. The van der Waals surface area contributed by atoms with Gasteiger partial charge in [-0.15, -0.1) is 0 Å². The van der Waals surface area contributed by atoms with E-state index in [9.17, 15) is 23.5 Å². The fourth-order valence-corrected chi connectivity index (χ4v) is 5.51. The molecular weight excluding hydrogens is 399 g/mol. The number of carboxylic acids is 1. The van der Waals surface area contributed by atoms with Crippen LogP contribution in [0.2, 0.25) is 0 Å². The summed E-state index contributed by atoms with van der Waals surface area (Å²) in [6.45, 7) is 1.95. The number of pyridine rings is 1. The van der Waals surface area contributed by atoms with Gasteiger partial charge in [-0.3, -0.25) is 9.18 Å². The van der Waals surface area contributed by atoms with Crippen LogP contribution in [0.4, 0.5) is 18.9 Å². The van der Waals surface area contributed by atoms with Crippen molar-refractivity contribution in [3.8, 4) is 0 Å². The molecule has 30 heavy (non-hydrogen) atoms. The van der Waals surface area contributed by atoms with Gasteiger partial charge in [0.1, 0.15) is 17.6 Å². The molecule has 3 fully saturated rings. The number of benzene rings is 1. The lowest BCUT2D eigenvalue weighted by Gasteiger charge is -2.46. The third-order valence-corrected chi connectivity index (χ3v) is 7.11. The first kappa shape index (κ1) is 19.4. The Labute approximate surface area is 170 Å². The quantitative estimate of drug-likeness (QED) is 0.792. The molecule has 5 rings (SSSR count). The molecule has 3 N–H and O–H groups in total. The van der Waals surface area contributed by atoms with Gasteiger partial charge in [0.2, 0.25) is 5.43 Å². The molecule has 0 bridgehead atoms. The van der Waals surface area contributed by atoms with Gasteiger partial charge in [0, 0.05) is 42.6 Å². The van der Waals surface area contributed by atoms with E-state index in [2.05, 4.69) is 0 Å². The average molecular weight is 421 g/mol. The van der Waals surface area contributed by atoms with Crippen LogP contribution in [0.1, 0.15) is 34.8 Å². The minimum Gasteiger partial charge on any atom is -0.477 e. The highest BCUT2D eigenvalue weighted by molar-refractivity contribution is 5.95. The molecule has 160 valence electrons. The molecule has 3 aliphatic rings. The van der Waals surface area contributed by atoms with Crippen LogP contribution in [0.5, 0.6) is 0 Å². The number of carboxylic acid groups (broad SMARTS) is 1. The molecule has 1 aromatic carbocycles. The van der Waals surface area contributed by atoms with Crippen molar-refractivity contribution < 1.29 is 23.1 Å². The van der Waals surface area contributed by atoms with Crippen molar-refractivity contribution in [2.24, 2.45) is 17.6 Å². The Morgan fingerprint density at radius 3 is 2.73 bits per heavy atom. The summed E-state index contributed by atoms with van der Waals surface area (Å²) in [5.41, 5.74) is 5.53. The van der Waals surface area contributed by atoms with E-state index in [4.69, 9.17) is 5.73 Å². The fourth-order valence-electron chi connectivity index (χ4n) is 5.51. The van der Waals surface area contributed by atoms with E-state index >= 15 is 4.39 Å². The van der Waals surface area contributed by atoms with E-state index in [1.165, 1.54) is 4.57 Å². The molecule has 1 unspecified atom stereocenters. The lowest BCUT2D eigenvalue weighted by atomic mass is 9.62. The molecule has 0 spiro atoms. The molecule has 1 aliphatic heterocycles. The topological polar surface area (TPSA) is 88.6 Å². The van der Waals surface area contributed by atoms with Gasteiger partial charge in [-0.1, -0.05) is 0 Å². The summed E-state index contributed by atoms with van der Waals surface area (Å²) in [5.74, 6) is -2.32. The molecule has 0 radical (unpaired) electrons. The highest BCUT2D eigenvalue weighted by atomic mass is 19.1. The van der Waals surface area contributed by atoms with E-state index in [1.807, 2.05) is 0 Å². The number of aryl methyl sites for hydroxylation is 1. The second kappa shape index (κ2) is 6.23. The third kappa shape index (κ3) is 2.54. The molecule has 1 saturated heterocycles. The fraction of sp³-hybridized carbons (Fsp3) is 0.524. The van der Waals surface area contributed by atoms with Crippen LogP contribution in [0.3, 0.4) is 0 Å². The van der Waals surface area contributed by atoms with Crippen molar-refractivity contribution in [1.82, 2.24) is 4.57 Å². The Morgan fingerprint density at radius 2 is 2.13 bits per heavy atom. The van der Waals surface area contributed by atoms with Crippen molar-refractivity contribution in [2.45, 2.75) is 37.5 Å². The molecule has 2 aliphatic carbocycles. The number of rotatable bonds is 4. The van der Waals surface area contributed by atoms with Crippen molar-refractivity contribution in [2.75, 3.05) is 24.7 Å². The Balaban J connectivity index is 1.69. The molecule has 2 heterocycles. The summed E-state index contributed by atoms with van der Waals surface area (Å²) < 4.78 is 43.8. The number of anilines is 1. The molecule has 6 nitrogen and oxygen atoms in total. The highest BCUT2D eigenvalue weighted by Gasteiger charge is 2.57. The van der Waals surface area contributed by atoms with E-state index in [0.29, 0.717) is 30.6 Å². The number of nitrogens with two attached hydrogens (primary N) is 1. The zero-order valence-corrected chi connectivity index (χ0v) is 16.4. The van der Waals surface area contributed by atoms with Gasteiger partial charge in [-0.05, 0) is 30.9 Å². The number of hydrogen-bond acceptors (Lipinski definition) is 4. The van der Waals surface area contributed by atoms with Gasteiger partial charge in [0.15, 0.2) is 0 Å². The normalized spacial score (nSPS) is 32.2. The van der Waals surface area contributed by atoms with Gasteiger partial charge >= 0.3 is 5.97 Å². The first-order chi connectivity index (χ1) is 14.2. The Bertz CT molecular complexity index is 1150. The monoisotopic (exact) mass is 421 g/mol. The maximum atomic E-state index is 15.2. The number of alkyl halides is 2. The zero-order valence-electron chi connectivity index (χ0n) is 16.4. The van der Waals surface area contributed by atoms with Crippen molar-refractivity contribution in [3.63, 3.8) is 0 Å². The zero-order chi connectivity index (χ0) is 21.5. The van der Waals surface area contributed by atoms with Gasteiger partial charge < -0.3 is 20.3 Å². The maximum absolute atomic E-state index is 15.2. The van der Waals surface area contributed by atoms with Gasteiger partial charge in [0.05, 0.1) is 23.9 Å². The van der Waals surface area contributed by atoms with Gasteiger partial charge in [0.25, 0.3) is 0 Å². The lowest BCUT2D eigenvalue weighted by molar-refractivity contribution is 0.0629. The minimum atomic E-state index is -1.44. The van der Waals surface area contributed by atoms with Crippen LogP contribution in [-0.4, -0.2) is 47.1 Å². The van der Waals surface area contributed by atoms with Crippen LogP contribution in [0.15, 0.2) is 17.1 Å². The van der Waals surface area contributed by atoms with Gasteiger partial charge in [-0.2, -0.15) is 0 Å². The summed E-state index contributed by atoms with van der Waals surface area (Å²) in [6.07, 6.45) is 0.755. The summed E-state index contributed by atoms with van der Waals surface area (Å²) in [6, 6.07) is 0.448. The third-order valence-electron chi connectivity index (χ3n) is 7.11. The summed E-state index contributed by atoms with van der Waals surface area (Å²) >= 11 is 0. The minimum absolute atomic E-state index is 0.0766. The van der Waals surface area contributed by atoms with Crippen molar-refractivity contribution in [1.29, 1.82) is 0 Å². The molecule has 5 atom stereocenters. The van der Waals surface area contributed by atoms with Crippen molar-refractivity contribution >= 4 is 22.6 Å². The number of aromatic carboxylic acids is 1. The van der Waals surface area contributed by atoms with Gasteiger partial charge in [-0.25, -0.2) is 13.6 Å². The Morgan fingerprint density at radius 1 is 1.43 bits per heavy atom. The molecule has 2 saturated carbocycles. The number of nitrogens with zero attached hydrogens (tertiary/aromatic N) is 2. The predicted molar refractivity (Wildman–Crippen MR) is 105 cm³/mol. The lowest BCUT2D eigenvalue weighted by Crippen LogP contribution is -2.60. The SMILES string of the molecule is Cc1c(N2C[C@@H]3[C@H](CF)C[C@@]3(N)C2)c(F)cc2c(=O)c(C(=O)O)cn(C3C[C@@H]3F)c12. The number of hydrogen-bond donors (Lipinski definition) is 2. The van der Waals surface area contributed by atoms with Crippen LogP contribution in [0, 0.1) is 24.6 Å². The molecule has 9 heteroatoms. The van der Waals surface area contributed by atoms with Crippen molar-refractivity contribution in [3.05, 3.63) is 39.4 Å². The summed E-state index contributed by atoms with van der Waals surface area (Å²) in [4.78, 5) is 26.0. The Kier molecular flexibility index (Phi) is 4.03. The molecular formula is C21H22F3N3O3. The number of halogens is 3. The second-order valence-electron chi connectivity index (χ2n) is 8.97. The smallest absolute Gasteiger partial charge is 0.341 e. The van der Waals surface area contributed by atoms with E-state index in [1.54, 1.807) is 11.8 Å². The van der Waals surface area contributed by atoms with Crippen LogP contribution < -0.4 is 16.1 Å². The molecule has 1 aromatic heterocycles. The Hall–Kier alpha value is -2.55. The predicted octanol–water partition coefficient (Wildman–Crippen LogP) is 2.55. The number of aromatic nitrogens is 1. The summed E-state index contributed by atoms with van der Waals surface area (Å²) in [7, 11) is 0. The average Bonchev–Trinajstić information content (AvgIpc) is 3.34. The summed E-state index contributed by atoms with van der Waals surface area (Å²) in [5, 5.41) is 9.29. The van der Waals surface area contributed by atoms with Crippen LogP contribution in [-0.2, 0) is 0 Å². The van der Waals surface area contributed by atoms with Crippen LogP contribution in [0.25, 0.3) is 10.9 Å². The van der Waals surface area contributed by atoms with Crippen LogP contribution >= 0.6 is 0 Å². The first-order valence-electron chi connectivity index (χ1n) is 10.0. The van der Waals surface area contributed by atoms with E-state index in [0.717, 1.165) is 12.3 Å². The number of fused-ring (bicyclic) bond motifs is 2. The molecule has 2 aromatic rings. The standard InChI is InChI=1S/C21H22F3N3O3/c1-9-17-11(19(28)12(20(29)30)6-27(17)16-3-14(16)23)2-15(24)18(9)26-7-13-10(5-22)4-21(13,25)8-26/h2,6,10,13-14,16H,3-5,7-8,25H2,1H3,(H,29,30)/t10-,13+,14-,16?,21+/m0/s1. The first-order valence-corrected chi connectivity index (χ1v) is 10.0. The maximum Gasteiger partial charge on any atom is 0.341 e. The van der Waals surface area contributed by atoms with E-state index < -0.39 is 47.2 Å². The largest absolute Gasteiger partial charge is 0.477 e. The van der Waals surface area contributed by atoms with E-state index in [-0.39, 0.29) is 29.3 Å². The molecule has 0 amide bonds.